The Morgan fingerprint density at radius 3 is 2.42 bits per heavy atom. The zero-order valence-electron chi connectivity index (χ0n) is 30.1. The van der Waals surface area contributed by atoms with E-state index in [0.717, 1.165) is 9.87 Å². The molecule has 6 aromatic rings. The minimum Gasteiger partial charge on any atom is -0.487 e. The molecule has 3 heterocycles. The molecule has 4 amide bonds. The summed E-state index contributed by atoms with van der Waals surface area (Å²) >= 11 is 0. The fraction of sp³-hybridized carbons (Fsp3) is 0.175. The van der Waals surface area contributed by atoms with Crippen molar-refractivity contribution in [3.8, 4) is 16.9 Å². The Hall–Kier alpha value is -6.56. The van der Waals surface area contributed by atoms with Crippen molar-refractivity contribution in [2.45, 2.75) is 31.9 Å². The number of aromatic nitrogens is 2. The van der Waals surface area contributed by atoms with Crippen molar-refractivity contribution in [1.29, 1.82) is 0 Å². The average molecular weight is 797 g/mol. The molecule has 17 heteroatoms. The van der Waals surface area contributed by atoms with E-state index in [9.17, 15) is 33.1 Å². The van der Waals surface area contributed by atoms with Gasteiger partial charge in [0, 0.05) is 30.1 Å². The molecule has 0 bridgehead atoms. The first-order valence-corrected chi connectivity index (χ1v) is 19.2. The van der Waals surface area contributed by atoms with Crippen LogP contribution in [0.25, 0.3) is 32.9 Å². The number of halogens is 2. The fourth-order valence-electron chi connectivity index (χ4n) is 7.20. The van der Waals surface area contributed by atoms with Gasteiger partial charge < -0.3 is 10.1 Å². The number of piperidine rings is 1. The normalized spacial score (nSPS) is 17.1. The average Bonchev–Trinajstić information content (AvgIpc) is 3.58. The zero-order valence-corrected chi connectivity index (χ0v) is 30.9. The zero-order chi connectivity index (χ0) is 40.2. The molecule has 5 aromatic carbocycles. The minimum absolute atomic E-state index is 0.00528. The molecule has 0 radical (unpaired) electrons. The molecule has 57 heavy (non-hydrogen) atoms. The second-order valence-corrected chi connectivity index (χ2v) is 15.4. The van der Waals surface area contributed by atoms with Crippen molar-refractivity contribution in [1.82, 2.24) is 19.2 Å². The maximum Gasteiger partial charge on any atom is 0.329 e. The number of hydrogen-bond acceptors (Lipinski definition) is 9. The summed E-state index contributed by atoms with van der Waals surface area (Å²) in [6.07, 6.45) is 0.0762. The highest BCUT2D eigenvalue weighted by Crippen LogP contribution is 2.51. The summed E-state index contributed by atoms with van der Waals surface area (Å²) in [7, 11) is -2.34. The molecule has 2 saturated heterocycles. The van der Waals surface area contributed by atoms with Crippen LogP contribution in [0.3, 0.4) is 0 Å². The summed E-state index contributed by atoms with van der Waals surface area (Å²) in [6.45, 7) is -0.510. The van der Waals surface area contributed by atoms with Gasteiger partial charge in [-0.05, 0) is 81.9 Å². The highest BCUT2D eigenvalue weighted by atomic mass is 32.3. The Kier molecular flexibility index (Phi) is 9.51. The van der Waals surface area contributed by atoms with Crippen molar-refractivity contribution in [3.05, 3.63) is 124 Å². The Morgan fingerprint density at radius 1 is 0.912 bits per heavy atom. The lowest BCUT2D eigenvalue weighted by molar-refractivity contribution is -0.135. The molecule has 8 rings (SSSR count). The minimum atomic E-state index is -3.88. The number of imide groups is 1. The van der Waals surface area contributed by atoms with Crippen molar-refractivity contribution >= 4 is 67.8 Å². The summed E-state index contributed by atoms with van der Waals surface area (Å²) in [5, 5.41) is 5.40. The maximum absolute atomic E-state index is 16.2. The van der Waals surface area contributed by atoms with Gasteiger partial charge in [0.1, 0.15) is 36.4 Å². The first kappa shape index (κ1) is 37.4. The van der Waals surface area contributed by atoms with Gasteiger partial charge in [0.2, 0.25) is 17.7 Å². The van der Waals surface area contributed by atoms with Crippen molar-refractivity contribution in [3.63, 3.8) is 0 Å². The molecule has 1 aromatic heterocycles. The van der Waals surface area contributed by atoms with E-state index >= 15 is 8.78 Å². The second-order valence-electron chi connectivity index (χ2n) is 13.7. The van der Waals surface area contributed by atoms with Crippen LogP contribution in [0.15, 0.2) is 95.8 Å². The number of carbonyl (C=O) groups is 4. The van der Waals surface area contributed by atoms with E-state index in [1.54, 1.807) is 55.6 Å². The third kappa shape index (κ3) is 7.07. The molecular weight excluding hydrogens is 763 g/mol. The number of nitrogens with zero attached hydrogens (tertiary/aromatic N) is 3. The summed E-state index contributed by atoms with van der Waals surface area (Å²) in [4.78, 5) is 62.7. The number of ether oxygens (including phenoxy) is 1. The summed E-state index contributed by atoms with van der Waals surface area (Å²) in [5.74, 6) is -3.69. The van der Waals surface area contributed by atoms with E-state index in [1.807, 2.05) is 6.07 Å². The Labute approximate surface area is 324 Å². The van der Waals surface area contributed by atoms with Crippen LogP contribution < -0.4 is 30.1 Å². The molecule has 5 N–H and O–H groups in total. The third-order valence-corrected chi connectivity index (χ3v) is 11.4. The van der Waals surface area contributed by atoms with Gasteiger partial charge in [0.25, 0.3) is 5.91 Å². The molecule has 0 saturated carbocycles. The molecule has 14 nitrogen and oxygen atoms in total. The monoisotopic (exact) mass is 796 g/mol. The Morgan fingerprint density at radius 2 is 1.70 bits per heavy atom. The van der Waals surface area contributed by atoms with Gasteiger partial charge in [-0.3, -0.25) is 42.7 Å². The van der Waals surface area contributed by atoms with Gasteiger partial charge in [-0.2, -0.15) is 0 Å². The number of imidazole rings is 1. The molecule has 0 aliphatic carbocycles. The largest absolute Gasteiger partial charge is 0.487 e. The van der Waals surface area contributed by atoms with E-state index in [-0.39, 0.29) is 48.3 Å². The molecule has 2 aliphatic heterocycles. The number of rotatable bonds is 9. The van der Waals surface area contributed by atoms with Crippen molar-refractivity contribution in [2.75, 3.05) is 16.2 Å². The highest BCUT2D eigenvalue weighted by Gasteiger charge is 2.39. The summed E-state index contributed by atoms with van der Waals surface area (Å²) < 4.78 is 64.6. The topological polar surface area (TPSA) is 184 Å². The van der Waals surface area contributed by atoms with E-state index in [1.165, 1.54) is 45.5 Å². The van der Waals surface area contributed by atoms with Crippen LogP contribution in [-0.4, -0.2) is 48.4 Å². The maximum atomic E-state index is 16.2. The van der Waals surface area contributed by atoms with Crippen LogP contribution in [-0.2, 0) is 39.3 Å². The van der Waals surface area contributed by atoms with Crippen LogP contribution in [0.2, 0.25) is 0 Å². The van der Waals surface area contributed by atoms with E-state index in [2.05, 4.69) is 15.4 Å². The molecule has 2 fully saturated rings. The lowest BCUT2D eigenvalue weighted by Crippen LogP contribution is -2.44. The molecule has 0 spiro atoms. The van der Waals surface area contributed by atoms with Gasteiger partial charge in [0.05, 0.1) is 17.5 Å². The van der Waals surface area contributed by atoms with Crippen LogP contribution in [0.1, 0.15) is 30.0 Å². The summed E-state index contributed by atoms with van der Waals surface area (Å²) in [6, 6.07) is 23.3. The SMILES string of the molecule is Cn1c(=O)n(C2CCC(=O)NC2=O)c2ccc(-c3ccc(CC(=O)Nc4ccc5c(F)c(N6CC(=O)NS6(O)O)c(OCc6ccccc6)cc5c4)cc3F)cc21. The lowest BCUT2D eigenvalue weighted by Gasteiger charge is -2.37. The van der Waals surface area contributed by atoms with Crippen LogP contribution in [0.4, 0.5) is 20.2 Å². The fourth-order valence-corrected chi connectivity index (χ4v) is 8.41. The lowest BCUT2D eigenvalue weighted by atomic mass is 10.0. The highest BCUT2D eigenvalue weighted by molar-refractivity contribution is 8.24. The number of aryl methyl sites for hydroxylation is 1. The van der Waals surface area contributed by atoms with E-state index in [4.69, 9.17) is 4.74 Å². The van der Waals surface area contributed by atoms with Crippen molar-refractivity contribution in [2.24, 2.45) is 7.05 Å². The van der Waals surface area contributed by atoms with E-state index < -0.39 is 64.5 Å². The number of fused-ring (bicyclic) bond motifs is 2. The van der Waals surface area contributed by atoms with Gasteiger partial charge >= 0.3 is 5.69 Å². The molecule has 2 aliphatic rings. The molecule has 1 atom stereocenters. The molecule has 1 unspecified atom stereocenters. The smallest absolute Gasteiger partial charge is 0.329 e. The Balaban J connectivity index is 1.02. The number of carbonyl (C=O) groups excluding carboxylic acids is 4. The number of anilines is 2. The van der Waals surface area contributed by atoms with Crippen LogP contribution in [0.5, 0.6) is 5.75 Å². The van der Waals surface area contributed by atoms with Gasteiger partial charge in [-0.15, -0.1) is 0 Å². The standard InChI is InChI=1S/C40H34F2N6O8S/c1-46-32-18-24(8-12-30(32)48(40(46)53)31-13-14-34(49)44-39(31)52)27-10-7-23(15-29(27)41)16-35(50)43-26-9-11-28-25(17-26)19-33(56-21-22-5-3-2-4-6-22)38(37(28)42)47-20-36(51)45-57(47,54)55/h2-12,15,17-19,31,54-55H,13-14,16,20-21H2,1H3,(H,43,50)(H,45,51)(H,44,49,52). The van der Waals surface area contributed by atoms with E-state index in [0.29, 0.717) is 33.2 Å². The number of hydrogen-bond donors (Lipinski definition) is 5. The third-order valence-electron chi connectivity index (χ3n) is 9.95. The molecular formula is C40H34F2N6O8S. The molecule has 292 valence electrons. The van der Waals surface area contributed by atoms with Crippen molar-refractivity contribution < 1.29 is 41.8 Å². The number of amides is 4. The predicted molar refractivity (Wildman–Crippen MR) is 209 cm³/mol. The first-order chi connectivity index (χ1) is 27.3. The van der Waals surface area contributed by atoms with Gasteiger partial charge in [-0.25, -0.2) is 22.6 Å². The quantitative estimate of drug-likeness (QED) is 0.115. The number of benzene rings is 5. The van der Waals surface area contributed by atoms with Gasteiger partial charge in [-0.1, -0.05) is 48.5 Å². The number of nitrogens with one attached hydrogen (secondary N) is 3. The Bertz CT molecular complexity index is 2720. The van der Waals surface area contributed by atoms with Crippen LogP contribution in [0, 0.1) is 11.6 Å². The predicted octanol–water partition coefficient (Wildman–Crippen LogP) is 5.69. The second kappa shape index (κ2) is 14.5. The summed E-state index contributed by atoms with van der Waals surface area (Å²) in [5.41, 5.74) is 2.27. The van der Waals surface area contributed by atoms with Crippen LogP contribution >= 0.6 is 11.0 Å². The first-order valence-electron chi connectivity index (χ1n) is 17.7. The van der Waals surface area contributed by atoms with Gasteiger partial charge in [0.15, 0.2) is 5.82 Å².